The minimum atomic E-state index is 0.340. The van der Waals surface area contributed by atoms with E-state index in [0.717, 1.165) is 6.42 Å². The third-order valence-electron chi connectivity index (χ3n) is 2.34. The number of rotatable bonds is 4. The Labute approximate surface area is 91.2 Å². The summed E-state index contributed by atoms with van der Waals surface area (Å²) in [6.07, 6.45) is 1.53. The molecule has 1 aromatic rings. The molecule has 0 bridgehead atoms. The fourth-order valence-electron chi connectivity index (χ4n) is 1.32. The van der Waals surface area contributed by atoms with Gasteiger partial charge in [-0.1, -0.05) is 12.1 Å². The lowest BCUT2D eigenvalue weighted by atomic mass is 10.1. The standard InChI is InChI=1S/C12H18N2O/c1-14(2)11-7-4-10(5-8-11)6-9-12(13)15-3/h4-5,7-8,13H,6,9H2,1-3H3. The number of methoxy groups -OCH3 is 1. The van der Waals surface area contributed by atoms with Crippen molar-refractivity contribution in [3.8, 4) is 0 Å². The average molecular weight is 206 g/mol. The van der Waals surface area contributed by atoms with Crippen LogP contribution in [-0.4, -0.2) is 27.1 Å². The van der Waals surface area contributed by atoms with Crippen LogP contribution >= 0.6 is 0 Å². The molecule has 0 radical (unpaired) electrons. The summed E-state index contributed by atoms with van der Waals surface area (Å²) in [5.74, 6) is 0.340. The van der Waals surface area contributed by atoms with Crippen LogP contribution in [-0.2, 0) is 11.2 Å². The van der Waals surface area contributed by atoms with Crippen LogP contribution in [0.4, 0.5) is 5.69 Å². The van der Waals surface area contributed by atoms with Gasteiger partial charge in [-0.3, -0.25) is 5.41 Å². The lowest BCUT2D eigenvalue weighted by Gasteiger charge is -2.12. The first-order valence-corrected chi connectivity index (χ1v) is 5.01. The highest BCUT2D eigenvalue weighted by Crippen LogP contribution is 2.13. The van der Waals surface area contributed by atoms with Gasteiger partial charge in [0, 0.05) is 26.2 Å². The first-order chi connectivity index (χ1) is 7.13. The highest BCUT2D eigenvalue weighted by atomic mass is 16.5. The Balaban J connectivity index is 2.53. The second-order valence-corrected chi connectivity index (χ2v) is 3.69. The lowest BCUT2D eigenvalue weighted by Crippen LogP contribution is -2.08. The summed E-state index contributed by atoms with van der Waals surface area (Å²) in [5, 5.41) is 7.37. The largest absolute Gasteiger partial charge is 0.484 e. The quantitative estimate of drug-likeness (QED) is 0.606. The van der Waals surface area contributed by atoms with Crippen LogP contribution in [0.1, 0.15) is 12.0 Å². The van der Waals surface area contributed by atoms with Gasteiger partial charge in [-0.15, -0.1) is 0 Å². The molecule has 1 aromatic carbocycles. The van der Waals surface area contributed by atoms with Crippen molar-refractivity contribution in [3.05, 3.63) is 29.8 Å². The zero-order chi connectivity index (χ0) is 11.3. The van der Waals surface area contributed by atoms with Gasteiger partial charge in [0.1, 0.15) is 0 Å². The van der Waals surface area contributed by atoms with E-state index in [2.05, 4.69) is 29.2 Å². The van der Waals surface area contributed by atoms with E-state index < -0.39 is 0 Å². The molecule has 0 amide bonds. The molecule has 15 heavy (non-hydrogen) atoms. The predicted octanol–water partition coefficient (Wildman–Crippen LogP) is 2.31. The van der Waals surface area contributed by atoms with Crippen LogP contribution in [0.3, 0.4) is 0 Å². The molecule has 82 valence electrons. The molecular weight excluding hydrogens is 188 g/mol. The van der Waals surface area contributed by atoms with Gasteiger partial charge in [0.15, 0.2) is 5.90 Å². The molecule has 0 atom stereocenters. The SMILES string of the molecule is COC(=N)CCc1ccc(N(C)C)cc1. The molecule has 0 heterocycles. The van der Waals surface area contributed by atoms with Crippen LogP contribution in [0.15, 0.2) is 24.3 Å². The van der Waals surface area contributed by atoms with Gasteiger partial charge in [0.05, 0.1) is 7.11 Å². The van der Waals surface area contributed by atoms with E-state index in [4.69, 9.17) is 10.1 Å². The molecule has 0 saturated heterocycles. The molecule has 3 heteroatoms. The number of hydrogen-bond acceptors (Lipinski definition) is 3. The number of ether oxygens (including phenoxy) is 1. The minimum Gasteiger partial charge on any atom is -0.484 e. The van der Waals surface area contributed by atoms with Gasteiger partial charge >= 0.3 is 0 Å². The minimum absolute atomic E-state index is 0.340. The summed E-state index contributed by atoms with van der Waals surface area (Å²) < 4.78 is 4.81. The van der Waals surface area contributed by atoms with Crippen molar-refractivity contribution in [2.24, 2.45) is 0 Å². The van der Waals surface area contributed by atoms with Gasteiger partial charge in [-0.25, -0.2) is 0 Å². The van der Waals surface area contributed by atoms with Crippen molar-refractivity contribution in [3.63, 3.8) is 0 Å². The first-order valence-electron chi connectivity index (χ1n) is 5.01. The summed E-state index contributed by atoms with van der Waals surface area (Å²) >= 11 is 0. The van der Waals surface area contributed by atoms with Gasteiger partial charge in [0.25, 0.3) is 0 Å². The molecule has 3 nitrogen and oxygen atoms in total. The summed E-state index contributed by atoms with van der Waals surface area (Å²) in [4.78, 5) is 2.07. The zero-order valence-electron chi connectivity index (χ0n) is 9.58. The Kier molecular flexibility index (Phi) is 4.16. The van der Waals surface area contributed by atoms with E-state index >= 15 is 0 Å². The molecule has 0 aliphatic heterocycles. The van der Waals surface area contributed by atoms with Crippen LogP contribution in [0.2, 0.25) is 0 Å². The van der Waals surface area contributed by atoms with Gasteiger partial charge in [-0.2, -0.15) is 0 Å². The van der Waals surface area contributed by atoms with Gasteiger partial charge < -0.3 is 9.64 Å². The number of benzene rings is 1. The molecule has 0 aliphatic carbocycles. The molecule has 0 fully saturated rings. The van der Waals surface area contributed by atoms with Crippen molar-refractivity contribution >= 4 is 11.6 Å². The maximum atomic E-state index is 7.37. The second kappa shape index (κ2) is 5.39. The number of nitrogens with one attached hydrogen (secondary N) is 1. The monoisotopic (exact) mass is 206 g/mol. The van der Waals surface area contributed by atoms with Crippen LogP contribution < -0.4 is 4.90 Å². The Hall–Kier alpha value is -1.51. The summed E-state index contributed by atoms with van der Waals surface area (Å²) in [7, 11) is 5.59. The zero-order valence-corrected chi connectivity index (χ0v) is 9.58. The third kappa shape index (κ3) is 3.62. The number of hydrogen-bond donors (Lipinski definition) is 1. The van der Waals surface area contributed by atoms with Crippen molar-refractivity contribution in [1.29, 1.82) is 5.41 Å². The van der Waals surface area contributed by atoms with Crippen molar-refractivity contribution in [1.82, 2.24) is 0 Å². The van der Waals surface area contributed by atoms with E-state index in [-0.39, 0.29) is 0 Å². The Bertz CT molecular complexity index is 317. The molecule has 0 spiro atoms. The maximum Gasteiger partial charge on any atom is 0.180 e. The van der Waals surface area contributed by atoms with E-state index in [1.165, 1.54) is 18.4 Å². The van der Waals surface area contributed by atoms with Crippen LogP contribution in [0.5, 0.6) is 0 Å². The van der Waals surface area contributed by atoms with Crippen molar-refractivity contribution in [2.45, 2.75) is 12.8 Å². The second-order valence-electron chi connectivity index (χ2n) is 3.69. The molecular formula is C12H18N2O. The van der Waals surface area contributed by atoms with Crippen LogP contribution in [0.25, 0.3) is 0 Å². The summed E-state index contributed by atoms with van der Waals surface area (Å²) in [5.41, 5.74) is 2.43. The first kappa shape index (κ1) is 11.6. The third-order valence-corrected chi connectivity index (χ3v) is 2.34. The molecule has 1 N–H and O–H groups in total. The van der Waals surface area contributed by atoms with Crippen molar-refractivity contribution < 1.29 is 4.74 Å². The fraction of sp³-hybridized carbons (Fsp3) is 0.417. The molecule has 0 aliphatic rings. The summed E-state index contributed by atoms with van der Waals surface area (Å²) in [6.45, 7) is 0. The molecule has 0 unspecified atom stereocenters. The van der Waals surface area contributed by atoms with E-state index in [1.807, 2.05) is 14.1 Å². The van der Waals surface area contributed by atoms with Gasteiger partial charge in [0.2, 0.25) is 0 Å². The van der Waals surface area contributed by atoms with E-state index in [0.29, 0.717) is 12.3 Å². The highest BCUT2D eigenvalue weighted by molar-refractivity contribution is 5.72. The topological polar surface area (TPSA) is 36.3 Å². The van der Waals surface area contributed by atoms with Crippen molar-refractivity contribution in [2.75, 3.05) is 26.1 Å². The Morgan fingerprint density at radius 2 is 1.87 bits per heavy atom. The number of aryl methyl sites for hydroxylation is 1. The normalized spacial score (nSPS) is 9.80. The number of anilines is 1. The lowest BCUT2D eigenvalue weighted by molar-refractivity contribution is 0.386. The fourth-order valence-corrected chi connectivity index (χ4v) is 1.32. The molecule has 1 rings (SSSR count). The van der Waals surface area contributed by atoms with E-state index in [1.54, 1.807) is 0 Å². The average Bonchev–Trinajstić information content (AvgIpc) is 2.26. The molecule has 0 aromatic heterocycles. The van der Waals surface area contributed by atoms with Gasteiger partial charge in [-0.05, 0) is 24.1 Å². The predicted molar refractivity (Wildman–Crippen MR) is 63.8 cm³/mol. The highest BCUT2D eigenvalue weighted by Gasteiger charge is 1.99. The Morgan fingerprint density at radius 1 is 1.27 bits per heavy atom. The number of nitrogens with zero attached hydrogens (tertiary/aromatic N) is 1. The summed E-state index contributed by atoms with van der Waals surface area (Å²) in [6, 6.07) is 8.37. The Morgan fingerprint density at radius 3 is 2.33 bits per heavy atom. The van der Waals surface area contributed by atoms with Crippen LogP contribution in [0, 0.1) is 5.41 Å². The van der Waals surface area contributed by atoms with E-state index in [9.17, 15) is 0 Å². The maximum absolute atomic E-state index is 7.37. The smallest absolute Gasteiger partial charge is 0.180 e. The molecule has 0 saturated carbocycles.